The maximum atomic E-state index is 6.07. The summed E-state index contributed by atoms with van der Waals surface area (Å²) in [5.41, 5.74) is 5.33. The fourth-order valence-electron chi connectivity index (χ4n) is 2.80. The van der Waals surface area contributed by atoms with E-state index in [1.54, 1.807) is 0 Å². The summed E-state index contributed by atoms with van der Waals surface area (Å²) in [6.45, 7) is 7.11. The molecule has 0 aliphatic rings. The van der Waals surface area contributed by atoms with Crippen LogP contribution in [0.3, 0.4) is 0 Å². The second-order valence-electron chi connectivity index (χ2n) is 6.73. The van der Waals surface area contributed by atoms with E-state index in [-0.39, 0.29) is 0 Å². The lowest BCUT2D eigenvalue weighted by molar-refractivity contribution is 0.267. The van der Waals surface area contributed by atoms with Gasteiger partial charge in [0, 0.05) is 10.7 Å². The molecule has 3 rings (SSSR count). The molecule has 0 fully saturated rings. The Bertz CT molecular complexity index is 1010. The van der Waals surface area contributed by atoms with Gasteiger partial charge in [-0.15, -0.1) is 0 Å². The molecule has 0 amide bonds. The van der Waals surface area contributed by atoms with Crippen LogP contribution in [0, 0.1) is 13.8 Å². The number of nitrogens with zero attached hydrogens (tertiary/aromatic N) is 1. The smallest absolute Gasteiger partial charge is 0.175 e. The minimum Gasteiger partial charge on any atom is -0.490 e. The van der Waals surface area contributed by atoms with Crippen LogP contribution >= 0.6 is 31.9 Å². The number of aliphatic imine (C=N–C) groups is 1. The molecule has 0 bridgehead atoms. The fourth-order valence-corrected chi connectivity index (χ4v) is 3.64. The normalized spacial score (nSPS) is 11.1. The molecule has 0 aliphatic heterocycles. The van der Waals surface area contributed by atoms with E-state index in [0.717, 1.165) is 31.3 Å². The Morgan fingerprint density at radius 1 is 0.931 bits per heavy atom. The Hall–Kier alpha value is -2.11. The largest absolute Gasteiger partial charge is 0.490 e. The number of ether oxygens (including phenoxy) is 2. The molecule has 3 aromatic carbocycles. The number of rotatable bonds is 7. The summed E-state index contributed by atoms with van der Waals surface area (Å²) in [4.78, 5) is 4.66. The van der Waals surface area contributed by atoms with Crippen molar-refractivity contribution in [3.8, 4) is 11.5 Å². The summed E-state index contributed by atoms with van der Waals surface area (Å²) in [5.74, 6) is 1.39. The Morgan fingerprint density at radius 3 is 2.41 bits per heavy atom. The van der Waals surface area contributed by atoms with E-state index in [0.29, 0.717) is 24.7 Å². The maximum absolute atomic E-state index is 6.07. The first-order chi connectivity index (χ1) is 14.0. The van der Waals surface area contributed by atoms with E-state index >= 15 is 0 Å². The van der Waals surface area contributed by atoms with Gasteiger partial charge in [0.15, 0.2) is 11.5 Å². The van der Waals surface area contributed by atoms with E-state index in [9.17, 15) is 0 Å². The molecular formula is C24H23Br2NO2. The van der Waals surface area contributed by atoms with Crippen molar-refractivity contribution in [2.45, 2.75) is 27.4 Å². The highest BCUT2D eigenvalue weighted by atomic mass is 79.9. The highest BCUT2D eigenvalue weighted by Gasteiger charge is 2.12. The summed E-state index contributed by atoms with van der Waals surface area (Å²) in [7, 11) is 0. The van der Waals surface area contributed by atoms with Crippen molar-refractivity contribution in [1.82, 2.24) is 0 Å². The van der Waals surface area contributed by atoms with Crippen LogP contribution in [0.25, 0.3) is 0 Å². The van der Waals surface area contributed by atoms with Crippen LogP contribution in [0.2, 0.25) is 0 Å². The summed E-state index contributed by atoms with van der Waals surface area (Å²) >= 11 is 7.08. The van der Waals surface area contributed by atoms with Crippen LogP contribution in [0.4, 0.5) is 5.69 Å². The number of hydrogen-bond donors (Lipinski definition) is 0. The molecule has 150 valence electrons. The van der Waals surface area contributed by atoms with Crippen molar-refractivity contribution in [2.24, 2.45) is 4.99 Å². The molecule has 0 heterocycles. The van der Waals surface area contributed by atoms with E-state index in [1.807, 2.05) is 49.5 Å². The standard InChI is InChI=1S/C24H23Br2NO2/c1-4-28-23-13-19(14-27-22-11-16(2)5-6-17(22)3)12-21(26)24(23)29-15-18-7-9-20(25)10-8-18/h5-14H,4,15H2,1-3H3. The molecule has 0 radical (unpaired) electrons. The van der Waals surface area contributed by atoms with Crippen LogP contribution < -0.4 is 9.47 Å². The predicted octanol–water partition coefficient (Wildman–Crippen LogP) is 7.56. The zero-order valence-electron chi connectivity index (χ0n) is 16.7. The summed E-state index contributed by atoms with van der Waals surface area (Å²) < 4.78 is 13.8. The Balaban J connectivity index is 1.84. The fraction of sp³-hybridized carbons (Fsp3) is 0.208. The van der Waals surface area contributed by atoms with Crippen LogP contribution in [-0.4, -0.2) is 12.8 Å². The molecule has 5 heteroatoms. The molecule has 3 nitrogen and oxygen atoms in total. The number of halogens is 2. The van der Waals surface area contributed by atoms with Crippen LogP contribution in [-0.2, 0) is 6.61 Å². The van der Waals surface area contributed by atoms with Gasteiger partial charge in [0.1, 0.15) is 6.61 Å². The second-order valence-corrected chi connectivity index (χ2v) is 8.50. The van der Waals surface area contributed by atoms with E-state index in [4.69, 9.17) is 9.47 Å². The monoisotopic (exact) mass is 515 g/mol. The minimum absolute atomic E-state index is 0.460. The molecule has 0 unspecified atom stereocenters. The van der Waals surface area contributed by atoms with Crippen molar-refractivity contribution in [2.75, 3.05) is 6.61 Å². The number of aryl methyl sites for hydroxylation is 2. The third kappa shape index (κ3) is 5.94. The number of hydrogen-bond acceptors (Lipinski definition) is 3. The predicted molar refractivity (Wildman–Crippen MR) is 127 cm³/mol. The molecule has 0 saturated heterocycles. The lowest BCUT2D eigenvalue weighted by atomic mass is 10.1. The first kappa shape index (κ1) is 21.6. The SMILES string of the molecule is CCOc1cc(C=Nc2cc(C)ccc2C)cc(Br)c1OCc1ccc(Br)cc1. The Morgan fingerprint density at radius 2 is 1.69 bits per heavy atom. The van der Waals surface area contributed by atoms with E-state index < -0.39 is 0 Å². The zero-order valence-corrected chi connectivity index (χ0v) is 19.9. The average molecular weight is 517 g/mol. The highest BCUT2D eigenvalue weighted by molar-refractivity contribution is 9.10. The first-order valence-electron chi connectivity index (χ1n) is 9.41. The maximum Gasteiger partial charge on any atom is 0.175 e. The molecule has 0 spiro atoms. The van der Waals surface area contributed by atoms with Crippen molar-refractivity contribution in [3.05, 3.63) is 85.8 Å². The summed E-state index contributed by atoms with van der Waals surface area (Å²) in [6, 6.07) is 18.3. The molecule has 0 aromatic heterocycles. The van der Waals surface area contributed by atoms with Crippen LogP contribution in [0.1, 0.15) is 29.2 Å². The summed E-state index contributed by atoms with van der Waals surface area (Å²) in [6.07, 6.45) is 1.85. The third-order valence-corrected chi connectivity index (χ3v) is 5.46. The van der Waals surface area contributed by atoms with Gasteiger partial charge in [0.05, 0.1) is 16.8 Å². The molecular weight excluding hydrogens is 494 g/mol. The first-order valence-corrected chi connectivity index (χ1v) is 11.0. The number of benzene rings is 3. The summed E-state index contributed by atoms with van der Waals surface area (Å²) in [5, 5.41) is 0. The van der Waals surface area contributed by atoms with E-state index in [2.05, 4.69) is 68.9 Å². The molecule has 0 atom stereocenters. The van der Waals surface area contributed by atoms with Gasteiger partial charge in [-0.05, 0) is 89.3 Å². The highest BCUT2D eigenvalue weighted by Crippen LogP contribution is 2.37. The second kappa shape index (κ2) is 10.1. The lowest BCUT2D eigenvalue weighted by Gasteiger charge is -2.15. The molecule has 0 N–H and O–H groups in total. The molecule has 0 saturated carbocycles. The van der Waals surface area contributed by atoms with Gasteiger partial charge in [-0.1, -0.05) is 40.2 Å². The lowest BCUT2D eigenvalue weighted by Crippen LogP contribution is -2.01. The topological polar surface area (TPSA) is 30.8 Å². The van der Waals surface area contributed by atoms with Gasteiger partial charge >= 0.3 is 0 Å². The van der Waals surface area contributed by atoms with Gasteiger partial charge < -0.3 is 9.47 Å². The average Bonchev–Trinajstić information content (AvgIpc) is 2.69. The molecule has 3 aromatic rings. The molecule has 0 aliphatic carbocycles. The zero-order chi connectivity index (χ0) is 20.8. The Labute approximate surface area is 189 Å². The van der Waals surface area contributed by atoms with Crippen LogP contribution in [0.15, 0.2) is 68.5 Å². The Kier molecular flexibility index (Phi) is 7.51. The third-order valence-electron chi connectivity index (χ3n) is 4.35. The van der Waals surface area contributed by atoms with Crippen molar-refractivity contribution in [1.29, 1.82) is 0 Å². The van der Waals surface area contributed by atoms with Crippen molar-refractivity contribution >= 4 is 43.8 Å². The minimum atomic E-state index is 0.460. The molecule has 29 heavy (non-hydrogen) atoms. The van der Waals surface area contributed by atoms with Crippen LogP contribution in [0.5, 0.6) is 11.5 Å². The van der Waals surface area contributed by atoms with Gasteiger partial charge in [0.25, 0.3) is 0 Å². The van der Waals surface area contributed by atoms with Gasteiger partial charge in [0.2, 0.25) is 0 Å². The quantitative estimate of drug-likeness (QED) is 0.303. The van der Waals surface area contributed by atoms with E-state index in [1.165, 1.54) is 5.56 Å². The van der Waals surface area contributed by atoms with Crippen molar-refractivity contribution < 1.29 is 9.47 Å². The van der Waals surface area contributed by atoms with Gasteiger partial charge in [-0.3, -0.25) is 4.99 Å². The van der Waals surface area contributed by atoms with Crippen molar-refractivity contribution in [3.63, 3.8) is 0 Å². The van der Waals surface area contributed by atoms with Gasteiger partial charge in [-0.25, -0.2) is 0 Å². The van der Waals surface area contributed by atoms with Gasteiger partial charge in [-0.2, -0.15) is 0 Å².